The van der Waals surface area contributed by atoms with Gasteiger partial charge in [0, 0.05) is 9.50 Å². The molecule has 0 aliphatic heterocycles. The normalized spacial score (nSPS) is 12.5. The molecule has 4 heteroatoms. The first kappa shape index (κ1) is 16.5. The summed E-state index contributed by atoms with van der Waals surface area (Å²) >= 11 is 9.89. The fourth-order valence-corrected chi connectivity index (χ4v) is 3.34. The van der Waals surface area contributed by atoms with Crippen molar-refractivity contribution in [1.29, 1.82) is 0 Å². The second-order valence-corrected chi connectivity index (χ2v) is 6.40. The molecule has 1 unspecified atom stereocenters. The predicted octanol–water partition coefficient (Wildman–Crippen LogP) is 5.56. The van der Waals surface area contributed by atoms with Crippen LogP contribution in [0.4, 0.5) is 4.39 Å². The highest BCUT2D eigenvalue weighted by atomic mass is 79.9. The zero-order chi connectivity index (χ0) is 15.6. The van der Waals surface area contributed by atoms with Crippen molar-refractivity contribution in [2.24, 2.45) is 0 Å². The molecule has 1 N–H and O–H groups in total. The molecule has 0 spiro atoms. The minimum atomic E-state index is -0.276. The lowest BCUT2D eigenvalue weighted by molar-refractivity contribution is 0.606. The molecule has 0 aromatic heterocycles. The van der Waals surface area contributed by atoms with Crippen LogP contribution < -0.4 is 5.32 Å². The van der Waals surface area contributed by atoms with E-state index >= 15 is 0 Å². The van der Waals surface area contributed by atoms with Crippen molar-refractivity contribution in [2.75, 3.05) is 6.54 Å². The SMILES string of the molecule is CCNC(c1cc(C)c(F)cc1Cl)c1ccc(C)cc1Br. The molecule has 21 heavy (non-hydrogen) atoms. The Labute approximate surface area is 138 Å². The third-order valence-electron chi connectivity index (χ3n) is 3.46. The summed E-state index contributed by atoms with van der Waals surface area (Å²) in [5, 5.41) is 3.87. The van der Waals surface area contributed by atoms with Crippen LogP contribution in [0.15, 0.2) is 34.8 Å². The van der Waals surface area contributed by atoms with E-state index in [0.29, 0.717) is 10.6 Å². The number of halogens is 3. The molecule has 1 atom stereocenters. The van der Waals surface area contributed by atoms with Crippen molar-refractivity contribution >= 4 is 27.5 Å². The van der Waals surface area contributed by atoms with E-state index in [0.717, 1.165) is 22.1 Å². The Morgan fingerprint density at radius 1 is 1.19 bits per heavy atom. The molecule has 0 heterocycles. The summed E-state index contributed by atoms with van der Waals surface area (Å²) in [4.78, 5) is 0. The number of nitrogens with one attached hydrogen (secondary N) is 1. The molecule has 0 fully saturated rings. The summed E-state index contributed by atoms with van der Waals surface area (Å²) in [5.41, 5.74) is 3.76. The molecular formula is C17H18BrClFN. The number of rotatable bonds is 4. The molecule has 112 valence electrons. The Kier molecular flexibility index (Phi) is 5.42. The van der Waals surface area contributed by atoms with Crippen LogP contribution in [-0.4, -0.2) is 6.54 Å². The second-order valence-electron chi connectivity index (χ2n) is 5.14. The molecule has 0 aliphatic rings. The fraction of sp³-hybridized carbons (Fsp3) is 0.294. The van der Waals surface area contributed by atoms with Crippen molar-refractivity contribution in [1.82, 2.24) is 5.32 Å². The maximum atomic E-state index is 13.6. The average Bonchev–Trinajstić information content (AvgIpc) is 2.41. The van der Waals surface area contributed by atoms with E-state index in [1.54, 1.807) is 6.92 Å². The fourth-order valence-electron chi connectivity index (χ4n) is 2.36. The Morgan fingerprint density at radius 2 is 1.90 bits per heavy atom. The quantitative estimate of drug-likeness (QED) is 0.743. The molecule has 0 saturated carbocycles. The second kappa shape index (κ2) is 6.91. The van der Waals surface area contributed by atoms with Gasteiger partial charge in [-0.05, 0) is 60.8 Å². The van der Waals surface area contributed by atoms with Gasteiger partial charge in [-0.25, -0.2) is 4.39 Å². The minimum absolute atomic E-state index is 0.0724. The summed E-state index contributed by atoms with van der Waals surface area (Å²) < 4.78 is 14.6. The predicted molar refractivity (Wildman–Crippen MR) is 90.5 cm³/mol. The van der Waals surface area contributed by atoms with E-state index in [1.807, 2.05) is 19.9 Å². The maximum absolute atomic E-state index is 13.6. The third kappa shape index (κ3) is 3.65. The molecule has 2 rings (SSSR count). The monoisotopic (exact) mass is 369 g/mol. The van der Waals surface area contributed by atoms with Gasteiger partial charge >= 0.3 is 0 Å². The van der Waals surface area contributed by atoms with Gasteiger partial charge in [-0.2, -0.15) is 0 Å². The number of hydrogen-bond donors (Lipinski definition) is 1. The first-order valence-corrected chi connectivity index (χ1v) is 8.06. The standard InChI is InChI=1S/C17H18BrClFN/c1-4-21-17(12-6-5-10(2)7-14(12)18)13-8-11(3)16(20)9-15(13)19/h5-9,17,21H,4H2,1-3H3. The average molecular weight is 371 g/mol. The van der Waals surface area contributed by atoms with Crippen LogP contribution in [0.3, 0.4) is 0 Å². The van der Waals surface area contributed by atoms with Gasteiger partial charge < -0.3 is 5.32 Å². The number of hydrogen-bond acceptors (Lipinski definition) is 1. The van der Waals surface area contributed by atoms with E-state index in [9.17, 15) is 4.39 Å². The molecule has 0 radical (unpaired) electrons. The molecule has 1 nitrogen and oxygen atoms in total. The molecule has 2 aromatic rings. The minimum Gasteiger partial charge on any atom is -0.306 e. The summed E-state index contributed by atoms with van der Waals surface area (Å²) in [5.74, 6) is -0.276. The highest BCUT2D eigenvalue weighted by molar-refractivity contribution is 9.10. The Bertz CT molecular complexity index is 657. The lowest BCUT2D eigenvalue weighted by atomic mass is 9.96. The number of aryl methyl sites for hydroxylation is 2. The van der Waals surface area contributed by atoms with E-state index in [-0.39, 0.29) is 11.9 Å². The van der Waals surface area contributed by atoms with Crippen LogP contribution in [0.2, 0.25) is 5.02 Å². The summed E-state index contributed by atoms with van der Waals surface area (Å²) in [6.45, 7) is 6.63. The highest BCUT2D eigenvalue weighted by Crippen LogP contribution is 2.34. The summed E-state index contributed by atoms with van der Waals surface area (Å²) in [7, 11) is 0. The van der Waals surface area contributed by atoms with Gasteiger partial charge in [-0.15, -0.1) is 0 Å². The van der Waals surface area contributed by atoms with Gasteiger partial charge in [-0.1, -0.05) is 46.6 Å². The van der Waals surface area contributed by atoms with Gasteiger partial charge in [0.1, 0.15) is 5.82 Å². The highest BCUT2D eigenvalue weighted by Gasteiger charge is 2.20. The van der Waals surface area contributed by atoms with E-state index in [1.165, 1.54) is 11.6 Å². The van der Waals surface area contributed by atoms with Crippen LogP contribution in [0, 0.1) is 19.7 Å². The lowest BCUT2D eigenvalue weighted by Crippen LogP contribution is -2.23. The first-order valence-electron chi connectivity index (χ1n) is 6.89. The van der Waals surface area contributed by atoms with Gasteiger partial charge in [-0.3, -0.25) is 0 Å². The third-order valence-corrected chi connectivity index (χ3v) is 4.48. The van der Waals surface area contributed by atoms with Crippen molar-refractivity contribution in [2.45, 2.75) is 26.8 Å². The van der Waals surface area contributed by atoms with Crippen LogP contribution in [0.1, 0.15) is 35.2 Å². The molecule has 0 bridgehead atoms. The summed E-state index contributed by atoms with van der Waals surface area (Å²) in [6, 6.07) is 9.34. The largest absolute Gasteiger partial charge is 0.306 e. The van der Waals surface area contributed by atoms with E-state index < -0.39 is 0 Å². The van der Waals surface area contributed by atoms with E-state index in [2.05, 4.69) is 39.4 Å². The van der Waals surface area contributed by atoms with Crippen LogP contribution in [0.25, 0.3) is 0 Å². The number of benzene rings is 2. The zero-order valence-electron chi connectivity index (χ0n) is 12.3. The van der Waals surface area contributed by atoms with Gasteiger partial charge in [0.2, 0.25) is 0 Å². The lowest BCUT2D eigenvalue weighted by Gasteiger charge is -2.22. The van der Waals surface area contributed by atoms with E-state index in [4.69, 9.17) is 11.6 Å². The molecule has 0 aliphatic carbocycles. The van der Waals surface area contributed by atoms with Crippen molar-refractivity contribution in [3.05, 3.63) is 67.9 Å². The Balaban J connectivity index is 2.55. The first-order chi connectivity index (χ1) is 9.93. The summed E-state index contributed by atoms with van der Waals surface area (Å²) in [6.07, 6.45) is 0. The topological polar surface area (TPSA) is 12.0 Å². The smallest absolute Gasteiger partial charge is 0.127 e. The Morgan fingerprint density at radius 3 is 2.52 bits per heavy atom. The molecular weight excluding hydrogens is 353 g/mol. The van der Waals surface area contributed by atoms with Crippen LogP contribution in [0.5, 0.6) is 0 Å². The van der Waals surface area contributed by atoms with Crippen molar-refractivity contribution in [3.8, 4) is 0 Å². The van der Waals surface area contributed by atoms with Crippen molar-refractivity contribution in [3.63, 3.8) is 0 Å². The van der Waals surface area contributed by atoms with Crippen molar-refractivity contribution < 1.29 is 4.39 Å². The molecule has 0 saturated heterocycles. The maximum Gasteiger partial charge on any atom is 0.127 e. The zero-order valence-corrected chi connectivity index (χ0v) is 14.6. The van der Waals surface area contributed by atoms with Gasteiger partial charge in [0.25, 0.3) is 0 Å². The van der Waals surface area contributed by atoms with Crippen LogP contribution in [-0.2, 0) is 0 Å². The van der Waals surface area contributed by atoms with Gasteiger partial charge in [0.15, 0.2) is 0 Å². The Hall–Kier alpha value is -0.900. The van der Waals surface area contributed by atoms with Crippen LogP contribution >= 0.6 is 27.5 Å². The molecule has 2 aromatic carbocycles. The molecule has 0 amide bonds. The van der Waals surface area contributed by atoms with Gasteiger partial charge in [0.05, 0.1) is 6.04 Å².